The molecule has 3 aliphatic rings. The maximum absolute atomic E-state index is 13.6. The molecule has 7 nitrogen and oxygen atoms in total. The van der Waals surface area contributed by atoms with Crippen LogP contribution in [-0.2, 0) is 24.2 Å². The molecule has 2 unspecified atom stereocenters. The van der Waals surface area contributed by atoms with Gasteiger partial charge in [0.15, 0.2) is 0 Å². The van der Waals surface area contributed by atoms with Crippen molar-refractivity contribution in [3.05, 3.63) is 86.2 Å². The molecule has 1 saturated heterocycles. The number of nitrogens with one attached hydrogen (secondary N) is 1. The highest BCUT2D eigenvalue weighted by Gasteiger charge is 2.38. The van der Waals surface area contributed by atoms with Crippen molar-refractivity contribution in [1.82, 2.24) is 19.8 Å². The van der Waals surface area contributed by atoms with Gasteiger partial charge in [-0.25, -0.2) is 4.98 Å². The number of thiophene rings is 1. The molecular weight excluding hydrogens is 580 g/mol. The van der Waals surface area contributed by atoms with E-state index in [1.165, 1.54) is 45.4 Å². The van der Waals surface area contributed by atoms with Gasteiger partial charge in [0.2, 0.25) is 5.91 Å². The molecule has 1 saturated carbocycles. The lowest BCUT2D eigenvalue weighted by atomic mass is 9.88. The van der Waals surface area contributed by atoms with Gasteiger partial charge in [-0.05, 0) is 74.1 Å². The van der Waals surface area contributed by atoms with E-state index in [0.717, 1.165) is 28.3 Å². The van der Waals surface area contributed by atoms with Gasteiger partial charge >= 0.3 is 0 Å². The zero-order chi connectivity index (χ0) is 29.7. The molecule has 2 fully saturated rings. The van der Waals surface area contributed by atoms with Crippen LogP contribution in [0.25, 0.3) is 21.3 Å². The minimum absolute atomic E-state index is 0.153. The third-order valence-electron chi connectivity index (χ3n) is 9.82. The molecule has 7 rings (SSSR count). The molecule has 2 aliphatic carbocycles. The molecule has 0 bridgehead atoms. The zero-order valence-corrected chi connectivity index (χ0v) is 26.0. The molecule has 224 valence electrons. The summed E-state index contributed by atoms with van der Waals surface area (Å²) in [7, 11) is 1.98. The number of carbonyl (C=O) groups is 1. The number of likely N-dealkylation sites (tertiary alicyclic amines) is 1. The van der Waals surface area contributed by atoms with Crippen molar-refractivity contribution in [2.45, 2.75) is 69.1 Å². The quantitative estimate of drug-likeness (QED) is 0.277. The molecule has 3 heterocycles. The van der Waals surface area contributed by atoms with Gasteiger partial charge in [0.05, 0.1) is 39.3 Å². The van der Waals surface area contributed by atoms with E-state index in [1.54, 1.807) is 6.33 Å². The van der Waals surface area contributed by atoms with Crippen LogP contribution in [-0.4, -0.2) is 57.2 Å². The van der Waals surface area contributed by atoms with Crippen molar-refractivity contribution in [1.29, 1.82) is 0 Å². The SMILES string of the molecule is CNC1Cc2ccc(-c3scc4c(=O)n(CC5(O)CCN(C(=O)CC(c6ccccc6)C6CC6)CC5)cnc34)c(Cl)c2C1. The largest absolute Gasteiger partial charge is 0.388 e. The van der Waals surface area contributed by atoms with E-state index in [0.29, 0.717) is 55.2 Å². The van der Waals surface area contributed by atoms with Crippen molar-refractivity contribution >= 4 is 39.7 Å². The maximum Gasteiger partial charge on any atom is 0.262 e. The lowest BCUT2D eigenvalue weighted by Gasteiger charge is -2.39. The molecule has 4 aromatic rings. The van der Waals surface area contributed by atoms with Crippen LogP contribution < -0.4 is 10.9 Å². The van der Waals surface area contributed by atoms with Gasteiger partial charge in [-0.1, -0.05) is 54.1 Å². The molecule has 1 aliphatic heterocycles. The summed E-state index contributed by atoms with van der Waals surface area (Å²) >= 11 is 8.39. The van der Waals surface area contributed by atoms with Crippen molar-refractivity contribution in [3.8, 4) is 10.4 Å². The second-order valence-corrected chi connectivity index (χ2v) is 13.9. The predicted molar refractivity (Wildman–Crippen MR) is 172 cm³/mol. The number of nitrogens with zero attached hydrogens (tertiary/aromatic N) is 3. The number of halogens is 1. The molecule has 43 heavy (non-hydrogen) atoms. The number of likely N-dealkylation sites (N-methyl/N-ethyl adjacent to an activating group) is 1. The lowest BCUT2D eigenvalue weighted by Crippen LogP contribution is -2.49. The van der Waals surface area contributed by atoms with Gasteiger partial charge in [-0.15, -0.1) is 11.3 Å². The first kappa shape index (κ1) is 28.7. The van der Waals surface area contributed by atoms with Crippen molar-refractivity contribution in [2.24, 2.45) is 5.92 Å². The van der Waals surface area contributed by atoms with E-state index in [-0.39, 0.29) is 23.9 Å². The van der Waals surface area contributed by atoms with Gasteiger partial charge in [0, 0.05) is 36.5 Å². The van der Waals surface area contributed by atoms with Crippen molar-refractivity contribution in [3.63, 3.8) is 0 Å². The smallest absolute Gasteiger partial charge is 0.262 e. The predicted octanol–water partition coefficient (Wildman–Crippen LogP) is 5.40. The maximum atomic E-state index is 13.6. The van der Waals surface area contributed by atoms with Crippen LogP contribution in [0.4, 0.5) is 0 Å². The fraction of sp³-hybridized carbons (Fsp3) is 0.441. The van der Waals surface area contributed by atoms with Crippen LogP contribution in [0.1, 0.15) is 54.7 Å². The Balaban J connectivity index is 1.04. The van der Waals surface area contributed by atoms with Crippen LogP contribution in [0.3, 0.4) is 0 Å². The summed E-state index contributed by atoms with van der Waals surface area (Å²) in [6.45, 7) is 1.13. The van der Waals surface area contributed by atoms with E-state index in [9.17, 15) is 14.7 Å². The Morgan fingerprint density at radius 2 is 1.93 bits per heavy atom. The zero-order valence-electron chi connectivity index (χ0n) is 24.4. The van der Waals surface area contributed by atoms with Gasteiger partial charge in [-0.2, -0.15) is 0 Å². The Morgan fingerprint density at radius 1 is 1.16 bits per heavy atom. The number of carbonyl (C=O) groups excluding carboxylic acids is 1. The lowest BCUT2D eigenvalue weighted by molar-refractivity contribution is -0.136. The van der Waals surface area contributed by atoms with Crippen LogP contribution in [0.5, 0.6) is 0 Å². The molecule has 2 aromatic heterocycles. The van der Waals surface area contributed by atoms with Gasteiger partial charge in [-0.3, -0.25) is 14.2 Å². The number of piperidine rings is 1. The van der Waals surface area contributed by atoms with E-state index in [4.69, 9.17) is 16.6 Å². The molecule has 9 heteroatoms. The molecule has 0 spiro atoms. The fourth-order valence-corrected chi connectivity index (χ4v) is 8.46. The van der Waals surface area contributed by atoms with E-state index in [2.05, 4.69) is 23.5 Å². The third-order valence-corrected chi connectivity index (χ3v) is 11.3. The Kier molecular flexibility index (Phi) is 7.66. The Morgan fingerprint density at radius 3 is 2.65 bits per heavy atom. The minimum Gasteiger partial charge on any atom is -0.388 e. The fourth-order valence-electron chi connectivity index (χ4n) is 7.03. The second-order valence-electron chi connectivity index (χ2n) is 12.6. The number of benzene rings is 2. The summed E-state index contributed by atoms with van der Waals surface area (Å²) in [6.07, 6.45) is 7.13. The molecule has 1 amide bonds. The molecular formula is C34H37ClN4O3S. The number of aliphatic hydroxyl groups is 1. The highest BCUT2D eigenvalue weighted by molar-refractivity contribution is 7.15. The Hall–Kier alpha value is -3.04. The average Bonchev–Trinajstić information content (AvgIpc) is 3.62. The first-order chi connectivity index (χ1) is 20.8. The summed E-state index contributed by atoms with van der Waals surface area (Å²) in [6, 6.07) is 14.9. The van der Waals surface area contributed by atoms with Gasteiger partial charge < -0.3 is 15.3 Å². The number of hydrogen-bond donors (Lipinski definition) is 2. The topological polar surface area (TPSA) is 87.5 Å². The third kappa shape index (κ3) is 5.55. The summed E-state index contributed by atoms with van der Waals surface area (Å²) in [4.78, 5) is 34.3. The average molecular weight is 617 g/mol. The van der Waals surface area contributed by atoms with Gasteiger partial charge in [0.1, 0.15) is 0 Å². The summed E-state index contributed by atoms with van der Waals surface area (Å²) in [5.74, 6) is 1.00. The van der Waals surface area contributed by atoms with Crippen molar-refractivity contribution < 1.29 is 9.90 Å². The number of amides is 1. The first-order valence-electron chi connectivity index (χ1n) is 15.3. The molecule has 2 atom stereocenters. The highest BCUT2D eigenvalue weighted by Crippen LogP contribution is 2.45. The van der Waals surface area contributed by atoms with E-state index >= 15 is 0 Å². The van der Waals surface area contributed by atoms with Gasteiger partial charge in [0.25, 0.3) is 5.56 Å². The van der Waals surface area contributed by atoms with Crippen LogP contribution in [0, 0.1) is 5.92 Å². The molecule has 2 N–H and O–H groups in total. The van der Waals surface area contributed by atoms with Crippen LogP contribution in [0.15, 0.2) is 59.0 Å². The summed E-state index contributed by atoms with van der Waals surface area (Å²) in [5, 5.41) is 18.0. The number of fused-ring (bicyclic) bond motifs is 2. The van der Waals surface area contributed by atoms with Crippen LogP contribution in [0.2, 0.25) is 5.02 Å². The number of aromatic nitrogens is 2. The number of rotatable bonds is 8. The monoisotopic (exact) mass is 616 g/mol. The first-order valence-corrected chi connectivity index (χ1v) is 16.6. The van der Waals surface area contributed by atoms with Crippen molar-refractivity contribution in [2.75, 3.05) is 20.1 Å². The Bertz CT molecular complexity index is 1720. The summed E-state index contributed by atoms with van der Waals surface area (Å²) in [5.41, 5.74) is 4.00. The second kappa shape index (κ2) is 11.5. The molecule has 2 aromatic carbocycles. The molecule has 0 radical (unpaired) electrons. The number of hydrogen-bond acceptors (Lipinski definition) is 6. The highest BCUT2D eigenvalue weighted by atomic mass is 35.5. The summed E-state index contributed by atoms with van der Waals surface area (Å²) < 4.78 is 1.52. The van der Waals surface area contributed by atoms with Crippen LogP contribution >= 0.6 is 22.9 Å². The minimum atomic E-state index is -1.07. The standard InChI is InChI=1S/C34H37ClN4O3S/c1-36-24-15-23-9-10-25(30(35)27(23)16-24)32-31-28(18-43-32)33(41)39(20-37-31)19-34(42)11-13-38(14-12-34)29(40)17-26(22-7-8-22)21-5-3-2-4-6-21/h2-6,9-10,18,20,22,24,26,36,42H,7-8,11-17,19H2,1H3. The Labute approximate surface area is 260 Å². The van der Waals surface area contributed by atoms with E-state index in [1.807, 2.05) is 41.6 Å². The van der Waals surface area contributed by atoms with E-state index < -0.39 is 5.60 Å². The normalized spacial score (nSPS) is 20.3.